The average Bonchev–Trinajstić information content (AvgIpc) is 2.63. The molecule has 1 aliphatic rings. The third-order valence-electron chi connectivity index (χ3n) is 4.15. The largest absolute Gasteiger partial charge is 0.474 e. The molecule has 1 aromatic heterocycles. The lowest BCUT2D eigenvalue weighted by Gasteiger charge is -2.27. The molecule has 2 rings (SSSR count). The van der Waals surface area contributed by atoms with Crippen LogP contribution in [0.3, 0.4) is 0 Å². The first-order chi connectivity index (χ1) is 11.9. The van der Waals surface area contributed by atoms with Crippen LogP contribution >= 0.6 is 0 Å². The van der Waals surface area contributed by atoms with Crippen molar-refractivity contribution in [1.82, 2.24) is 4.98 Å². The third kappa shape index (κ3) is 4.91. The summed E-state index contributed by atoms with van der Waals surface area (Å²) in [7, 11) is 2.54. The van der Waals surface area contributed by atoms with Gasteiger partial charge in [0.1, 0.15) is 6.10 Å². The van der Waals surface area contributed by atoms with Gasteiger partial charge >= 0.3 is 17.8 Å². The smallest absolute Gasteiger partial charge is 0.396 e. The molecular weight excluding hydrogens is 328 g/mol. The number of pyridine rings is 1. The molecule has 1 aromatic rings. The first kappa shape index (κ1) is 18.7. The number of methoxy groups -OCH3 is 2. The summed E-state index contributed by atoms with van der Waals surface area (Å²) in [6, 6.07) is 1.67. The molecule has 0 saturated heterocycles. The lowest BCUT2D eigenvalue weighted by Crippen LogP contribution is -2.29. The SMILES string of the molecule is COC(=O)C(=O)Nc1cnc(O[C@H]2CC[C@H](C(=O)OC)CC2)c(C)c1. The normalized spacial score (nSPS) is 19.6. The van der Waals surface area contributed by atoms with E-state index in [1.807, 2.05) is 0 Å². The van der Waals surface area contributed by atoms with Crippen LogP contribution in [0.5, 0.6) is 5.88 Å². The second-order valence-electron chi connectivity index (χ2n) is 5.91. The number of esters is 2. The monoisotopic (exact) mass is 350 g/mol. The van der Waals surface area contributed by atoms with E-state index in [-0.39, 0.29) is 18.0 Å². The number of carbonyl (C=O) groups excluding carboxylic acids is 3. The minimum absolute atomic E-state index is 0.0115. The summed E-state index contributed by atoms with van der Waals surface area (Å²) in [5.74, 6) is -1.59. The molecule has 136 valence electrons. The Labute approximate surface area is 145 Å². The molecule has 1 heterocycles. The van der Waals surface area contributed by atoms with Gasteiger partial charge in [0.15, 0.2) is 0 Å². The average molecular weight is 350 g/mol. The van der Waals surface area contributed by atoms with Crippen LogP contribution < -0.4 is 10.1 Å². The number of hydrogen-bond donors (Lipinski definition) is 1. The van der Waals surface area contributed by atoms with Gasteiger partial charge < -0.3 is 19.5 Å². The number of amides is 1. The molecule has 0 unspecified atom stereocenters. The molecular formula is C17H22N2O6. The maximum Gasteiger partial charge on any atom is 0.396 e. The maximum atomic E-state index is 11.5. The molecule has 0 aliphatic heterocycles. The van der Waals surface area contributed by atoms with E-state index in [9.17, 15) is 14.4 Å². The van der Waals surface area contributed by atoms with Gasteiger partial charge in [-0.2, -0.15) is 0 Å². The zero-order valence-electron chi connectivity index (χ0n) is 14.5. The quantitative estimate of drug-likeness (QED) is 0.650. The summed E-state index contributed by atoms with van der Waals surface area (Å²) in [6.07, 6.45) is 4.36. The highest BCUT2D eigenvalue weighted by atomic mass is 16.5. The van der Waals surface area contributed by atoms with Crippen LogP contribution in [0.1, 0.15) is 31.2 Å². The van der Waals surface area contributed by atoms with E-state index in [0.29, 0.717) is 11.6 Å². The number of rotatable bonds is 4. The number of ether oxygens (including phenoxy) is 3. The molecule has 1 aliphatic carbocycles. The van der Waals surface area contributed by atoms with E-state index in [1.165, 1.54) is 13.3 Å². The van der Waals surface area contributed by atoms with Crippen LogP contribution in [0, 0.1) is 12.8 Å². The predicted molar refractivity (Wildman–Crippen MR) is 88.0 cm³/mol. The van der Waals surface area contributed by atoms with Crippen LogP contribution in [0.25, 0.3) is 0 Å². The van der Waals surface area contributed by atoms with E-state index in [0.717, 1.165) is 38.4 Å². The van der Waals surface area contributed by atoms with Crippen LogP contribution in [-0.4, -0.2) is 43.2 Å². The Balaban J connectivity index is 1.92. The summed E-state index contributed by atoms with van der Waals surface area (Å²) in [5.41, 5.74) is 1.12. The highest BCUT2D eigenvalue weighted by molar-refractivity contribution is 6.37. The van der Waals surface area contributed by atoms with Gasteiger partial charge in [-0.3, -0.25) is 9.59 Å². The van der Waals surface area contributed by atoms with E-state index >= 15 is 0 Å². The molecule has 1 N–H and O–H groups in total. The van der Waals surface area contributed by atoms with Crippen molar-refractivity contribution in [3.63, 3.8) is 0 Å². The Kier molecular flexibility index (Phi) is 6.32. The number of carbonyl (C=O) groups is 3. The van der Waals surface area contributed by atoms with Crippen LogP contribution in [0.15, 0.2) is 12.3 Å². The minimum Gasteiger partial charge on any atom is -0.474 e. The van der Waals surface area contributed by atoms with Crippen molar-refractivity contribution in [2.24, 2.45) is 5.92 Å². The van der Waals surface area contributed by atoms with Gasteiger partial charge in [-0.05, 0) is 38.7 Å². The maximum absolute atomic E-state index is 11.5. The lowest BCUT2D eigenvalue weighted by molar-refractivity contribution is -0.150. The standard InChI is InChI=1S/C17H22N2O6/c1-10-8-12(19-14(20)17(22)24-3)9-18-15(10)25-13-6-4-11(5-7-13)16(21)23-2/h8-9,11,13H,4-7H2,1-3H3,(H,19,20)/t11-,13-. The number of nitrogens with zero attached hydrogens (tertiary/aromatic N) is 1. The Morgan fingerprint density at radius 1 is 1.12 bits per heavy atom. The molecule has 0 radical (unpaired) electrons. The second-order valence-corrected chi connectivity index (χ2v) is 5.91. The van der Waals surface area contributed by atoms with Crippen molar-refractivity contribution in [1.29, 1.82) is 0 Å². The van der Waals surface area contributed by atoms with Gasteiger partial charge in [-0.15, -0.1) is 0 Å². The topological polar surface area (TPSA) is 104 Å². The minimum atomic E-state index is -0.972. The first-order valence-electron chi connectivity index (χ1n) is 8.05. The summed E-state index contributed by atoms with van der Waals surface area (Å²) in [6.45, 7) is 1.80. The van der Waals surface area contributed by atoms with Crippen molar-refractivity contribution < 1.29 is 28.6 Å². The third-order valence-corrected chi connectivity index (χ3v) is 4.15. The number of hydrogen-bond acceptors (Lipinski definition) is 7. The second kappa shape index (κ2) is 8.46. The highest BCUT2D eigenvalue weighted by Crippen LogP contribution is 2.29. The molecule has 0 bridgehead atoms. The van der Waals surface area contributed by atoms with Crippen molar-refractivity contribution in [2.75, 3.05) is 19.5 Å². The first-order valence-corrected chi connectivity index (χ1v) is 8.05. The zero-order valence-corrected chi connectivity index (χ0v) is 14.5. The molecule has 8 nitrogen and oxygen atoms in total. The molecule has 1 amide bonds. The molecule has 1 fully saturated rings. The fourth-order valence-electron chi connectivity index (χ4n) is 2.77. The lowest BCUT2D eigenvalue weighted by atomic mass is 9.87. The highest BCUT2D eigenvalue weighted by Gasteiger charge is 2.28. The Morgan fingerprint density at radius 2 is 1.80 bits per heavy atom. The number of nitrogens with one attached hydrogen (secondary N) is 1. The van der Waals surface area contributed by atoms with Gasteiger partial charge in [0.25, 0.3) is 0 Å². The fraction of sp³-hybridized carbons (Fsp3) is 0.529. The summed E-state index contributed by atoms with van der Waals surface area (Å²) in [4.78, 5) is 38.3. The van der Waals surface area contributed by atoms with Gasteiger partial charge in [-0.25, -0.2) is 9.78 Å². The van der Waals surface area contributed by atoms with Crippen molar-refractivity contribution in [3.8, 4) is 5.88 Å². The Hall–Kier alpha value is -2.64. The van der Waals surface area contributed by atoms with Gasteiger partial charge in [-0.1, -0.05) is 0 Å². The molecule has 8 heteroatoms. The molecule has 0 spiro atoms. The van der Waals surface area contributed by atoms with E-state index < -0.39 is 11.9 Å². The number of aryl methyl sites for hydroxylation is 1. The van der Waals surface area contributed by atoms with Crippen molar-refractivity contribution >= 4 is 23.5 Å². The molecule has 25 heavy (non-hydrogen) atoms. The summed E-state index contributed by atoms with van der Waals surface area (Å²) >= 11 is 0. The Bertz CT molecular complexity index is 653. The van der Waals surface area contributed by atoms with Crippen LogP contribution in [-0.2, 0) is 23.9 Å². The van der Waals surface area contributed by atoms with Crippen LogP contribution in [0.4, 0.5) is 5.69 Å². The zero-order chi connectivity index (χ0) is 18.4. The molecule has 0 aromatic carbocycles. The summed E-state index contributed by atoms with van der Waals surface area (Å²) in [5, 5.41) is 2.41. The number of anilines is 1. The molecule has 1 saturated carbocycles. The van der Waals surface area contributed by atoms with E-state index in [2.05, 4.69) is 15.0 Å². The number of aromatic nitrogens is 1. The van der Waals surface area contributed by atoms with Gasteiger partial charge in [0.2, 0.25) is 5.88 Å². The Morgan fingerprint density at radius 3 is 2.36 bits per heavy atom. The van der Waals surface area contributed by atoms with Crippen molar-refractivity contribution in [2.45, 2.75) is 38.7 Å². The van der Waals surface area contributed by atoms with E-state index in [1.54, 1.807) is 13.0 Å². The van der Waals surface area contributed by atoms with Gasteiger partial charge in [0, 0.05) is 5.56 Å². The van der Waals surface area contributed by atoms with Crippen molar-refractivity contribution in [3.05, 3.63) is 17.8 Å². The summed E-state index contributed by atoms with van der Waals surface area (Å²) < 4.78 is 15.0. The van der Waals surface area contributed by atoms with E-state index in [4.69, 9.17) is 9.47 Å². The fourth-order valence-corrected chi connectivity index (χ4v) is 2.77. The molecule has 0 atom stereocenters. The van der Waals surface area contributed by atoms with Gasteiger partial charge in [0.05, 0.1) is 32.0 Å². The predicted octanol–water partition coefficient (Wildman–Crippen LogP) is 1.61. The van der Waals surface area contributed by atoms with Crippen LogP contribution in [0.2, 0.25) is 0 Å².